The molecule has 0 unspecified atom stereocenters. The third-order valence-electron chi connectivity index (χ3n) is 3.16. The van der Waals surface area contributed by atoms with Crippen LogP contribution in [0.15, 0.2) is 36.4 Å². The zero-order chi connectivity index (χ0) is 15.4. The molecule has 0 atom stereocenters. The molecule has 0 amide bonds. The van der Waals surface area contributed by atoms with Crippen molar-refractivity contribution >= 4 is 28.6 Å². The van der Waals surface area contributed by atoms with Gasteiger partial charge in [-0.2, -0.15) is 0 Å². The van der Waals surface area contributed by atoms with Crippen molar-refractivity contribution in [2.75, 3.05) is 19.5 Å². The molecule has 0 spiro atoms. The first kappa shape index (κ1) is 15.1. The number of rotatable bonds is 5. The Kier molecular flexibility index (Phi) is 4.65. The molecule has 0 aromatic heterocycles. The number of thiocarbonyl (C=S) groups is 1. The Morgan fingerprint density at radius 2 is 1.62 bits per heavy atom. The summed E-state index contributed by atoms with van der Waals surface area (Å²) < 4.78 is 10.5. The summed E-state index contributed by atoms with van der Waals surface area (Å²) >= 11 is 5.01. The molecule has 0 aliphatic rings. The van der Waals surface area contributed by atoms with Crippen molar-refractivity contribution in [3.63, 3.8) is 0 Å². The summed E-state index contributed by atoms with van der Waals surface area (Å²) in [5, 5.41) is 3.32. The zero-order valence-electron chi connectivity index (χ0n) is 12.3. The van der Waals surface area contributed by atoms with Gasteiger partial charge in [0.05, 0.1) is 14.2 Å². The highest BCUT2D eigenvalue weighted by Crippen LogP contribution is 2.31. The van der Waals surface area contributed by atoms with Crippen molar-refractivity contribution in [1.82, 2.24) is 0 Å². The molecule has 0 saturated carbocycles. The second-order valence-electron chi connectivity index (χ2n) is 4.59. The van der Waals surface area contributed by atoms with E-state index in [2.05, 4.69) is 5.32 Å². The van der Waals surface area contributed by atoms with Gasteiger partial charge in [0.2, 0.25) is 0 Å². The average molecular weight is 302 g/mol. The molecule has 110 valence electrons. The molecule has 0 bridgehead atoms. The summed E-state index contributed by atoms with van der Waals surface area (Å²) in [6.07, 6.45) is 0. The number of hydrogen-bond donors (Lipinski definition) is 2. The highest BCUT2D eigenvalue weighted by atomic mass is 32.1. The molecule has 0 radical (unpaired) electrons. The highest BCUT2D eigenvalue weighted by molar-refractivity contribution is 7.80. The molecule has 21 heavy (non-hydrogen) atoms. The largest absolute Gasteiger partial charge is 0.493 e. The van der Waals surface area contributed by atoms with Crippen LogP contribution < -0.4 is 20.5 Å². The maximum atomic E-state index is 5.67. The Bertz CT molecular complexity index is 671. The van der Waals surface area contributed by atoms with E-state index in [4.69, 9.17) is 27.4 Å². The topological polar surface area (TPSA) is 56.5 Å². The molecular formula is C16H18N2O2S. The van der Waals surface area contributed by atoms with E-state index < -0.39 is 0 Å². The zero-order valence-corrected chi connectivity index (χ0v) is 13.1. The molecule has 4 nitrogen and oxygen atoms in total. The van der Waals surface area contributed by atoms with E-state index in [1.165, 1.54) is 0 Å². The molecule has 0 heterocycles. The predicted molar refractivity (Wildman–Crippen MR) is 89.9 cm³/mol. The van der Waals surface area contributed by atoms with Gasteiger partial charge >= 0.3 is 0 Å². The van der Waals surface area contributed by atoms with Gasteiger partial charge < -0.3 is 20.5 Å². The Morgan fingerprint density at radius 1 is 1.00 bits per heavy atom. The number of nitrogens with one attached hydrogen (secondary N) is 1. The van der Waals surface area contributed by atoms with E-state index in [-0.39, 0.29) is 0 Å². The number of ether oxygens (including phenoxy) is 2. The van der Waals surface area contributed by atoms with Crippen LogP contribution >= 0.6 is 12.2 Å². The van der Waals surface area contributed by atoms with Crippen LogP contribution in [0, 0.1) is 6.92 Å². The molecule has 2 aromatic rings. The first-order valence-corrected chi connectivity index (χ1v) is 6.85. The maximum absolute atomic E-state index is 5.67. The standard InChI is InChI=1S/C16H18N2O2S/c1-10-8-11(4-6-13(10)16(17)21)18-12-5-7-14(19-2)15(9-12)20-3/h4-9,18H,1-3H3,(H2,17,21). The van der Waals surface area contributed by atoms with Gasteiger partial charge in [-0.05, 0) is 42.8 Å². The van der Waals surface area contributed by atoms with E-state index in [0.717, 1.165) is 22.5 Å². The van der Waals surface area contributed by atoms with Crippen molar-refractivity contribution < 1.29 is 9.47 Å². The summed E-state index contributed by atoms with van der Waals surface area (Å²) in [6.45, 7) is 1.98. The summed E-state index contributed by atoms with van der Waals surface area (Å²) in [5.74, 6) is 1.38. The minimum Gasteiger partial charge on any atom is -0.493 e. The smallest absolute Gasteiger partial charge is 0.162 e. The van der Waals surface area contributed by atoms with Gasteiger partial charge in [0, 0.05) is 23.0 Å². The lowest BCUT2D eigenvalue weighted by Gasteiger charge is -2.12. The first-order valence-electron chi connectivity index (χ1n) is 6.44. The van der Waals surface area contributed by atoms with E-state index >= 15 is 0 Å². The van der Waals surface area contributed by atoms with E-state index in [1.54, 1.807) is 14.2 Å². The van der Waals surface area contributed by atoms with E-state index in [0.29, 0.717) is 16.5 Å². The number of nitrogens with two attached hydrogens (primary N) is 1. The van der Waals surface area contributed by atoms with Crippen molar-refractivity contribution in [2.45, 2.75) is 6.92 Å². The average Bonchev–Trinajstić information content (AvgIpc) is 2.46. The van der Waals surface area contributed by atoms with Crippen molar-refractivity contribution in [3.8, 4) is 11.5 Å². The van der Waals surface area contributed by atoms with Crippen LogP contribution in [0.5, 0.6) is 11.5 Å². The molecule has 5 heteroatoms. The van der Waals surface area contributed by atoms with Crippen molar-refractivity contribution in [3.05, 3.63) is 47.5 Å². The Labute approximate surface area is 129 Å². The van der Waals surface area contributed by atoms with Gasteiger partial charge in [-0.1, -0.05) is 12.2 Å². The lowest BCUT2D eigenvalue weighted by atomic mass is 10.1. The Morgan fingerprint density at radius 3 is 2.19 bits per heavy atom. The molecule has 0 aliphatic carbocycles. The van der Waals surface area contributed by atoms with Crippen molar-refractivity contribution in [2.24, 2.45) is 5.73 Å². The SMILES string of the molecule is COc1ccc(Nc2ccc(C(N)=S)c(C)c2)cc1OC. The lowest BCUT2D eigenvalue weighted by molar-refractivity contribution is 0.355. The second-order valence-corrected chi connectivity index (χ2v) is 5.03. The number of benzene rings is 2. The fraction of sp³-hybridized carbons (Fsp3) is 0.188. The van der Waals surface area contributed by atoms with Crippen LogP contribution in [0.3, 0.4) is 0 Å². The number of anilines is 2. The molecule has 2 rings (SSSR count). The van der Waals surface area contributed by atoms with Gasteiger partial charge in [0.15, 0.2) is 11.5 Å². The van der Waals surface area contributed by atoms with Gasteiger partial charge in [0.1, 0.15) is 4.99 Å². The minimum atomic E-state index is 0.408. The minimum absolute atomic E-state index is 0.408. The quantitative estimate of drug-likeness (QED) is 0.829. The van der Waals surface area contributed by atoms with Gasteiger partial charge in [0.25, 0.3) is 0 Å². The molecule has 0 saturated heterocycles. The third kappa shape index (κ3) is 3.44. The normalized spacial score (nSPS) is 10.0. The molecule has 0 fully saturated rings. The maximum Gasteiger partial charge on any atom is 0.162 e. The number of aryl methyl sites for hydroxylation is 1. The summed E-state index contributed by atoms with van der Waals surface area (Å²) in [7, 11) is 3.23. The van der Waals surface area contributed by atoms with Gasteiger partial charge in [-0.25, -0.2) is 0 Å². The predicted octanol–water partition coefficient (Wildman–Crippen LogP) is 3.39. The fourth-order valence-electron chi connectivity index (χ4n) is 2.10. The molecule has 0 aliphatic heterocycles. The Hall–Kier alpha value is -2.27. The number of hydrogen-bond acceptors (Lipinski definition) is 4. The second kappa shape index (κ2) is 6.45. The fourth-order valence-corrected chi connectivity index (χ4v) is 2.33. The first-order chi connectivity index (χ1) is 10.0. The molecule has 3 N–H and O–H groups in total. The van der Waals surface area contributed by atoms with Crippen LogP contribution in [0.25, 0.3) is 0 Å². The molecule has 2 aromatic carbocycles. The van der Waals surface area contributed by atoms with E-state index in [9.17, 15) is 0 Å². The summed E-state index contributed by atoms with van der Waals surface area (Å²) in [5.41, 5.74) is 9.46. The molecular weight excluding hydrogens is 284 g/mol. The van der Waals surface area contributed by atoms with Gasteiger partial charge in [-0.3, -0.25) is 0 Å². The van der Waals surface area contributed by atoms with Crippen LogP contribution in [0.2, 0.25) is 0 Å². The van der Waals surface area contributed by atoms with E-state index in [1.807, 2.05) is 43.3 Å². The van der Waals surface area contributed by atoms with Crippen LogP contribution in [0.4, 0.5) is 11.4 Å². The lowest BCUT2D eigenvalue weighted by Crippen LogP contribution is -2.11. The monoisotopic (exact) mass is 302 g/mol. The third-order valence-corrected chi connectivity index (χ3v) is 3.38. The van der Waals surface area contributed by atoms with Crippen LogP contribution in [-0.2, 0) is 0 Å². The van der Waals surface area contributed by atoms with Crippen LogP contribution in [-0.4, -0.2) is 19.2 Å². The highest BCUT2D eigenvalue weighted by Gasteiger charge is 2.06. The number of methoxy groups -OCH3 is 2. The summed E-state index contributed by atoms with van der Waals surface area (Å²) in [4.78, 5) is 0.408. The van der Waals surface area contributed by atoms with Gasteiger partial charge in [-0.15, -0.1) is 0 Å². The van der Waals surface area contributed by atoms with Crippen LogP contribution in [0.1, 0.15) is 11.1 Å². The van der Waals surface area contributed by atoms with Crippen molar-refractivity contribution in [1.29, 1.82) is 0 Å². The Balaban J connectivity index is 2.26. The summed E-state index contributed by atoms with van der Waals surface area (Å²) in [6, 6.07) is 11.5.